The second kappa shape index (κ2) is 6.08. The summed E-state index contributed by atoms with van der Waals surface area (Å²) in [7, 11) is 0. The van der Waals surface area contributed by atoms with Crippen molar-refractivity contribution in [3.63, 3.8) is 0 Å². The van der Waals surface area contributed by atoms with Crippen molar-refractivity contribution >= 4 is 35.1 Å². The highest BCUT2D eigenvalue weighted by Crippen LogP contribution is 2.27. The lowest BCUT2D eigenvalue weighted by Gasteiger charge is -2.05. The van der Waals surface area contributed by atoms with Crippen LogP contribution in [0.1, 0.15) is 10.5 Å². The zero-order valence-electron chi connectivity index (χ0n) is 10.9. The molecule has 1 amide bonds. The second-order valence-corrected chi connectivity index (χ2v) is 5.02. The van der Waals surface area contributed by atoms with Crippen LogP contribution in [0.15, 0.2) is 36.9 Å². The normalized spacial score (nSPS) is 10.5. The number of rotatable bonds is 3. The molecule has 0 aliphatic rings. The molecule has 0 aliphatic heterocycles. The number of aromatic nitrogens is 5. The maximum atomic E-state index is 12.1. The summed E-state index contributed by atoms with van der Waals surface area (Å²) in [5, 5.41) is 10.6. The van der Waals surface area contributed by atoms with Gasteiger partial charge in [0.2, 0.25) is 5.95 Å². The van der Waals surface area contributed by atoms with Crippen molar-refractivity contribution in [2.45, 2.75) is 0 Å². The largest absolute Gasteiger partial charge is 0.314 e. The Bertz CT molecular complexity index is 821. The third-order valence-corrected chi connectivity index (χ3v) is 3.50. The Labute approximate surface area is 134 Å². The van der Waals surface area contributed by atoms with Crippen molar-refractivity contribution in [1.82, 2.24) is 25.1 Å². The predicted octanol–water partition coefficient (Wildman–Crippen LogP) is 2.82. The van der Waals surface area contributed by atoms with E-state index in [1.54, 1.807) is 24.3 Å². The fourth-order valence-electron chi connectivity index (χ4n) is 1.73. The second-order valence-electron chi connectivity index (χ2n) is 4.21. The number of carbonyl (C=O) groups is 1. The van der Waals surface area contributed by atoms with Crippen LogP contribution in [0.25, 0.3) is 11.3 Å². The molecule has 3 rings (SSSR count). The highest BCUT2D eigenvalue weighted by atomic mass is 35.5. The van der Waals surface area contributed by atoms with Crippen molar-refractivity contribution in [3.05, 3.63) is 52.7 Å². The van der Waals surface area contributed by atoms with Gasteiger partial charge in [-0.05, 0) is 18.2 Å². The summed E-state index contributed by atoms with van der Waals surface area (Å²) >= 11 is 11.9. The van der Waals surface area contributed by atoms with Gasteiger partial charge in [0.15, 0.2) is 0 Å². The Morgan fingerprint density at radius 2 is 2.00 bits per heavy atom. The molecule has 2 heterocycles. The van der Waals surface area contributed by atoms with Crippen LogP contribution in [0.3, 0.4) is 0 Å². The van der Waals surface area contributed by atoms with Gasteiger partial charge in [0.25, 0.3) is 5.91 Å². The van der Waals surface area contributed by atoms with E-state index in [4.69, 9.17) is 23.2 Å². The first-order valence-corrected chi connectivity index (χ1v) is 6.84. The van der Waals surface area contributed by atoms with Crippen LogP contribution < -0.4 is 5.32 Å². The van der Waals surface area contributed by atoms with E-state index in [9.17, 15) is 4.79 Å². The summed E-state index contributed by atoms with van der Waals surface area (Å²) in [6.45, 7) is 0. The number of benzene rings is 1. The summed E-state index contributed by atoms with van der Waals surface area (Å²) in [4.78, 5) is 22.8. The van der Waals surface area contributed by atoms with Crippen LogP contribution in [0.5, 0.6) is 0 Å². The maximum absolute atomic E-state index is 12.1. The number of nitrogens with zero attached hydrogens (tertiary/aromatic N) is 4. The molecule has 1 aromatic carbocycles. The zero-order valence-corrected chi connectivity index (χ0v) is 12.4. The summed E-state index contributed by atoms with van der Waals surface area (Å²) in [6, 6.07) is 6.64. The van der Waals surface area contributed by atoms with Gasteiger partial charge in [-0.1, -0.05) is 29.3 Å². The number of nitrogens with one attached hydrogen (secondary N) is 2. The molecule has 0 atom stereocenters. The zero-order chi connectivity index (χ0) is 15.5. The van der Waals surface area contributed by atoms with Gasteiger partial charge in [0.1, 0.15) is 18.3 Å². The molecule has 22 heavy (non-hydrogen) atoms. The van der Waals surface area contributed by atoms with E-state index < -0.39 is 5.91 Å². The number of amides is 1. The molecule has 7 nitrogen and oxygen atoms in total. The van der Waals surface area contributed by atoms with Crippen molar-refractivity contribution in [3.8, 4) is 11.3 Å². The van der Waals surface area contributed by atoms with Gasteiger partial charge in [-0.3, -0.25) is 10.1 Å². The minimum Gasteiger partial charge on any atom is -0.314 e. The summed E-state index contributed by atoms with van der Waals surface area (Å²) < 4.78 is 0. The molecular weight excluding hydrogens is 327 g/mol. The monoisotopic (exact) mass is 334 g/mol. The molecule has 3 aromatic rings. The highest BCUT2D eigenvalue weighted by molar-refractivity contribution is 6.42. The van der Waals surface area contributed by atoms with Crippen molar-refractivity contribution in [2.24, 2.45) is 0 Å². The minimum atomic E-state index is -0.430. The van der Waals surface area contributed by atoms with E-state index in [1.165, 1.54) is 12.7 Å². The molecule has 0 fully saturated rings. The van der Waals surface area contributed by atoms with Crippen LogP contribution in [0.4, 0.5) is 5.95 Å². The Hall–Kier alpha value is -2.51. The first kappa shape index (κ1) is 14.4. The number of aromatic amines is 1. The number of hydrogen-bond acceptors (Lipinski definition) is 5. The Kier molecular flexibility index (Phi) is 3.99. The number of hydrogen-bond donors (Lipinski definition) is 2. The van der Waals surface area contributed by atoms with Gasteiger partial charge in [-0.15, -0.1) is 10.2 Å². The molecular formula is C13H8Cl2N6O. The topological polar surface area (TPSA) is 96.5 Å². The van der Waals surface area contributed by atoms with Gasteiger partial charge in [-0.2, -0.15) is 0 Å². The highest BCUT2D eigenvalue weighted by Gasteiger charge is 2.12. The van der Waals surface area contributed by atoms with E-state index >= 15 is 0 Å². The molecule has 9 heteroatoms. The third kappa shape index (κ3) is 3.05. The summed E-state index contributed by atoms with van der Waals surface area (Å²) in [5.74, 6) is -0.194. The fourth-order valence-corrected chi connectivity index (χ4v) is 2.03. The van der Waals surface area contributed by atoms with Gasteiger partial charge in [-0.25, -0.2) is 9.97 Å². The first-order chi connectivity index (χ1) is 10.6. The van der Waals surface area contributed by atoms with Crippen molar-refractivity contribution in [1.29, 1.82) is 0 Å². The molecule has 0 unspecified atom stereocenters. The molecule has 2 N–H and O–H groups in total. The van der Waals surface area contributed by atoms with Crippen LogP contribution in [-0.4, -0.2) is 31.1 Å². The van der Waals surface area contributed by atoms with Crippen LogP contribution in [0, 0.1) is 0 Å². The van der Waals surface area contributed by atoms with Crippen molar-refractivity contribution < 1.29 is 4.79 Å². The van der Waals surface area contributed by atoms with Crippen LogP contribution in [0.2, 0.25) is 10.0 Å². The van der Waals surface area contributed by atoms with Gasteiger partial charge in [0.05, 0.1) is 15.7 Å². The molecule has 0 radical (unpaired) electrons. The number of carbonyl (C=O) groups excluding carboxylic acids is 1. The molecule has 110 valence electrons. The standard InChI is InChI=1S/C13H8Cl2N6O/c14-8-2-1-7(3-9(8)15)10-4-11(17-5-16-10)12(22)20-13-18-6-19-21-13/h1-6H,(H2,18,19,20,21,22). The number of halogens is 2. The van der Waals surface area contributed by atoms with Gasteiger partial charge < -0.3 is 4.98 Å². The quantitative estimate of drug-likeness (QED) is 0.767. The SMILES string of the molecule is O=C(Nc1nnc[nH]1)c1cc(-c2ccc(Cl)c(Cl)c2)ncn1. The molecule has 2 aromatic heterocycles. The van der Waals surface area contributed by atoms with E-state index in [0.29, 0.717) is 15.7 Å². The van der Waals surface area contributed by atoms with Crippen molar-refractivity contribution in [2.75, 3.05) is 5.32 Å². The van der Waals surface area contributed by atoms with E-state index in [2.05, 4.69) is 30.5 Å². The smallest absolute Gasteiger partial charge is 0.276 e. The molecule has 0 saturated carbocycles. The van der Waals surface area contributed by atoms with E-state index in [1.807, 2.05) is 0 Å². The lowest BCUT2D eigenvalue weighted by molar-refractivity contribution is 0.102. The first-order valence-electron chi connectivity index (χ1n) is 6.08. The average molecular weight is 335 g/mol. The Balaban J connectivity index is 1.88. The molecule has 0 saturated heterocycles. The van der Waals surface area contributed by atoms with E-state index in [0.717, 1.165) is 5.56 Å². The number of anilines is 1. The Morgan fingerprint density at radius 3 is 2.73 bits per heavy atom. The fraction of sp³-hybridized carbons (Fsp3) is 0. The third-order valence-electron chi connectivity index (χ3n) is 2.76. The average Bonchev–Trinajstić information content (AvgIpc) is 3.03. The lowest BCUT2D eigenvalue weighted by Crippen LogP contribution is -2.15. The summed E-state index contributed by atoms with van der Waals surface area (Å²) in [6.07, 6.45) is 2.66. The number of H-pyrrole nitrogens is 1. The molecule has 0 aliphatic carbocycles. The predicted molar refractivity (Wildman–Crippen MR) is 81.8 cm³/mol. The molecule has 0 spiro atoms. The van der Waals surface area contributed by atoms with Crippen LogP contribution in [-0.2, 0) is 0 Å². The minimum absolute atomic E-state index is 0.187. The van der Waals surface area contributed by atoms with Crippen LogP contribution >= 0.6 is 23.2 Å². The van der Waals surface area contributed by atoms with Gasteiger partial charge >= 0.3 is 0 Å². The van der Waals surface area contributed by atoms with Gasteiger partial charge in [0, 0.05) is 5.56 Å². The summed E-state index contributed by atoms with van der Waals surface area (Å²) in [5.41, 5.74) is 1.47. The van der Waals surface area contributed by atoms with E-state index in [-0.39, 0.29) is 11.6 Å². The maximum Gasteiger partial charge on any atom is 0.276 e. The lowest BCUT2D eigenvalue weighted by atomic mass is 10.1. The molecule has 0 bridgehead atoms. The Morgan fingerprint density at radius 1 is 1.14 bits per heavy atom.